The number of hydrogen-bond donors (Lipinski definition) is 2. The van der Waals surface area contributed by atoms with Crippen molar-refractivity contribution in [2.24, 2.45) is 0 Å². The van der Waals surface area contributed by atoms with Crippen LogP contribution < -0.4 is 11.1 Å². The molecule has 7 nitrogen and oxygen atoms in total. The minimum atomic E-state index is -3.34. The first-order valence-electron chi connectivity index (χ1n) is 5.34. The number of sulfonamides is 1. The number of pyridine rings is 1. The second kappa shape index (κ2) is 6.18. The molecule has 0 saturated heterocycles. The van der Waals surface area contributed by atoms with Gasteiger partial charge < -0.3 is 11.1 Å². The van der Waals surface area contributed by atoms with Crippen LogP contribution in [-0.2, 0) is 10.0 Å². The van der Waals surface area contributed by atoms with Gasteiger partial charge in [0.25, 0.3) is 5.91 Å². The first kappa shape index (κ1) is 15.7. The highest BCUT2D eigenvalue weighted by molar-refractivity contribution is 7.89. The van der Waals surface area contributed by atoms with Crippen LogP contribution in [0.2, 0.25) is 5.15 Å². The first-order valence-corrected chi connectivity index (χ1v) is 7.32. The molecule has 1 aromatic heterocycles. The summed E-state index contributed by atoms with van der Waals surface area (Å²) < 4.78 is 24.1. The zero-order chi connectivity index (χ0) is 14.6. The number of carbonyl (C=O) groups is 1. The molecule has 19 heavy (non-hydrogen) atoms. The molecule has 0 aliphatic heterocycles. The number of amides is 1. The van der Waals surface area contributed by atoms with E-state index in [1.54, 1.807) is 0 Å². The molecular formula is C10H15ClN4O3S. The second-order valence-corrected chi connectivity index (χ2v) is 6.65. The molecule has 3 N–H and O–H groups in total. The third-order valence-corrected chi connectivity index (χ3v) is 4.30. The monoisotopic (exact) mass is 306 g/mol. The topological polar surface area (TPSA) is 105 Å². The highest BCUT2D eigenvalue weighted by Gasteiger charge is 2.14. The fourth-order valence-electron chi connectivity index (χ4n) is 1.23. The summed E-state index contributed by atoms with van der Waals surface area (Å²) >= 11 is 5.67. The summed E-state index contributed by atoms with van der Waals surface area (Å²) in [6.07, 6.45) is 0. The fraction of sp³-hybridized carbons (Fsp3) is 0.400. The van der Waals surface area contributed by atoms with Gasteiger partial charge in [-0.1, -0.05) is 11.6 Å². The summed E-state index contributed by atoms with van der Waals surface area (Å²) in [4.78, 5) is 15.5. The number of halogens is 1. The maximum Gasteiger partial charge on any atom is 0.251 e. The van der Waals surface area contributed by atoms with Gasteiger partial charge in [0.1, 0.15) is 11.0 Å². The molecule has 0 bridgehead atoms. The Morgan fingerprint density at radius 1 is 1.47 bits per heavy atom. The average molecular weight is 307 g/mol. The second-order valence-electron chi connectivity index (χ2n) is 3.96. The molecule has 0 aliphatic rings. The smallest absolute Gasteiger partial charge is 0.251 e. The van der Waals surface area contributed by atoms with Crippen molar-refractivity contribution in [1.82, 2.24) is 14.6 Å². The van der Waals surface area contributed by atoms with Gasteiger partial charge in [-0.2, -0.15) is 0 Å². The largest absolute Gasteiger partial charge is 0.384 e. The number of nitrogens with one attached hydrogen (secondary N) is 1. The van der Waals surface area contributed by atoms with Gasteiger partial charge in [0, 0.05) is 26.2 Å². The number of nitrogens with two attached hydrogens (primary N) is 1. The minimum Gasteiger partial charge on any atom is -0.384 e. The van der Waals surface area contributed by atoms with E-state index in [1.807, 2.05) is 0 Å². The van der Waals surface area contributed by atoms with Gasteiger partial charge in [-0.15, -0.1) is 0 Å². The van der Waals surface area contributed by atoms with Crippen LogP contribution in [0.4, 0.5) is 5.82 Å². The number of aromatic nitrogens is 1. The van der Waals surface area contributed by atoms with E-state index in [-0.39, 0.29) is 28.8 Å². The van der Waals surface area contributed by atoms with Crippen LogP contribution in [0.25, 0.3) is 0 Å². The highest BCUT2D eigenvalue weighted by Crippen LogP contribution is 2.11. The molecule has 0 fully saturated rings. The highest BCUT2D eigenvalue weighted by atomic mass is 35.5. The van der Waals surface area contributed by atoms with Gasteiger partial charge >= 0.3 is 0 Å². The van der Waals surface area contributed by atoms with E-state index in [0.717, 1.165) is 4.31 Å². The van der Waals surface area contributed by atoms with Crippen LogP contribution >= 0.6 is 11.6 Å². The van der Waals surface area contributed by atoms with Crippen LogP contribution in [0.1, 0.15) is 10.4 Å². The van der Waals surface area contributed by atoms with E-state index in [0.29, 0.717) is 0 Å². The Balaban J connectivity index is 2.62. The SMILES string of the molecule is CN(C)S(=O)(=O)CCNC(=O)c1cc(N)nc(Cl)c1. The Kier molecular flexibility index (Phi) is 5.10. The van der Waals surface area contributed by atoms with Crippen molar-refractivity contribution in [3.8, 4) is 0 Å². The van der Waals surface area contributed by atoms with Crippen LogP contribution in [0.15, 0.2) is 12.1 Å². The van der Waals surface area contributed by atoms with Crippen LogP contribution in [0, 0.1) is 0 Å². The molecule has 0 aromatic carbocycles. The predicted octanol–water partition coefficient (Wildman–Crippen LogP) is -0.0616. The predicted molar refractivity (Wildman–Crippen MR) is 73.5 cm³/mol. The number of rotatable bonds is 5. The maximum absolute atomic E-state index is 11.7. The van der Waals surface area contributed by atoms with Crippen molar-refractivity contribution in [3.05, 3.63) is 22.8 Å². The lowest BCUT2D eigenvalue weighted by molar-refractivity contribution is 0.0956. The summed E-state index contributed by atoms with van der Waals surface area (Å²) in [5, 5.41) is 2.58. The van der Waals surface area contributed by atoms with Gasteiger partial charge in [0.15, 0.2) is 0 Å². The molecule has 0 spiro atoms. The van der Waals surface area contributed by atoms with E-state index in [9.17, 15) is 13.2 Å². The van der Waals surface area contributed by atoms with Gasteiger partial charge in [-0.3, -0.25) is 4.79 Å². The van der Waals surface area contributed by atoms with Crippen LogP contribution in [0.5, 0.6) is 0 Å². The van der Waals surface area contributed by atoms with Gasteiger partial charge in [0.2, 0.25) is 10.0 Å². The molecule has 1 heterocycles. The summed E-state index contributed by atoms with van der Waals surface area (Å²) in [7, 11) is -0.475. The Morgan fingerprint density at radius 3 is 2.63 bits per heavy atom. The van der Waals surface area contributed by atoms with E-state index in [2.05, 4.69) is 10.3 Å². The lowest BCUT2D eigenvalue weighted by atomic mass is 10.2. The number of hydrogen-bond acceptors (Lipinski definition) is 5. The minimum absolute atomic E-state index is 0.000800. The number of carbonyl (C=O) groups excluding carboxylic acids is 1. The van der Waals surface area contributed by atoms with Crippen LogP contribution in [0.3, 0.4) is 0 Å². The molecule has 0 radical (unpaired) electrons. The van der Waals surface area contributed by atoms with E-state index in [1.165, 1.54) is 26.2 Å². The normalized spacial score (nSPS) is 11.6. The number of nitrogen functional groups attached to an aromatic ring is 1. The Bertz CT molecular complexity index is 554. The first-order chi connectivity index (χ1) is 8.72. The Morgan fingerprint density at radius 2 is 2.11 bits per heavy atom. The molecular weight excluding hydrogens is 292 g/mol. The Labute approximate surface area is 116 Å². The zero-order valence-electron chi connectivity index (χ0n) is 10.6. The maximum atomic E-state index is 11.7. The van der Waals surface area contributed by atoms with E-state index in [4.69, 9.17) is 17.3 Å². The third kappa shape index (κ3) is 4.66. The van der Waals surface area contributed by atoms with Crippen molar-refractivity contribution in [2.45, 2.75) is 0 Å². The molecule has 0 atom stereocenters. The number of anilines is 1. The molecule has 1 amide bonds. The van der Waals surface area contributed by atoms with Gasteiger partial charge in [-0.25, -0.2) is 17.7 Å². The molecule has 0 unspecified atom stereocenters. The van der Waals surface area contributed by atoms with Crippen molar-refractivity contribution in [1.29, 1.82) is 0 Å². The lowest BCUT2D eigenvalue weighted by Gasteiger charge is -2.11. The fourth-order valence-corrected chi connectivity index (χ4v) is 2.17. The van der Waals surface area contributed by atoms with E-state index < -0.39 is 15.9 Å². The molecule has 0 saturated carbocycles. The van der Waals surface area contributed by atoms with Crippen molar-refractivity contribution in [2.75, 3.05) is 32.1 Å². The summed E-state index contributed by atoms with van der Waals surface area (Å²) in [5.41, 5.74) is 5.69. The summed E-state index contributed by atoms with van der Waals surface area (Å²) in [5.74, 6) is -0.511. The quantitative estimate of drug-likeness (QED) is 0.741. The standard InChI is InChI=1S/C10H15ClN4O3S/c1-15(2)19(17,18)4-3-13-10(16)7-5-8(11)14-9(12)6-7/h5-6H,3-4H2,1-2H3,(H2,12,14)(H,13,16). The van der Waals surface area contributed by atoms with Gasteiger partial charge in [-0.05, 0) is 12.1 Å². The molecule has 9 heteroatoms. The number of nitrogens with zero attached hydrogens (tertiary/aromatic N) is 2. The molecule has 1 rings (SSSR count). The summed E-state index contributed by atoms with van der Waals surface area (Å²) in [6, 6.07) is 2.72. The third-order valence-electron chi connectivity index (χ3n) is 2.28. The van der Waals surface area contributed by atoms with E-state index >= 15 is 0 Å². The van der Waals surface area contributed by atoms with Crippen molar-refractivity contribution < 1.29 is 13.2 Å². The average Bonchev–Trinajstić information content (AvgIpc) is 2.27. The van der Waals surface area contributed by atoms with Crippen LogP contribution in [-0.4, -0.2) is 50.0 Å². The van der Waals surface area contributed by atoms with Gasteiger partial charge in [0.05, 0.1) is 5.75 Å². The molecule has 0 aliphatic carbocycles. The summed E-state index contributed by atoms with van der Waals surface area (Å²) in [6.45, 7) is -0.000800. The molecule has 106 valence electrons. The van der Waals surface area contributed by atoms with Crippen molar-refractivity contribution >= 4 is 33.3 Å². The lowest BCUT2D eigenvalue weighted by Crippen LogP contribution is -2.33. The molecule has 1 aromatic rings. The zero-order valence-corrected chi connectivity index (χ0v) is 12.1. The Hall–Kier alpha value is -1.38. The van der Waals surface area contributed by atoms with Crippen molar-refractivity contribution in [3.63, 3.8) is 0 Å².